The number of likely N-dealkylation sites (N-methyl/N-ethyl adjacent to an activating group) is 1. The Bertz CT molecular complexity index is 599. The third-order valence-electron chi connectivity index (χ3n) is 3.78. The van der Waals surface area contributed by atoms with Crippen molar-refractivity contribution in [2.24, 2.45) is 0 Å². The minimum absolute atomic E-state index is 0.0993. The molecule has 0 aliphatic carbocycles. The number of nitrogens with zero attached hydrogens (tertiary/aromatic N) is 2. The molecule has 0 radical (unpaired) electrons. The highest BCUT2D eigenvalue weighted by Crippen LogP contribution is 2.13. The van der Waals surface area contributed by atoms with E-state index in [1.54, 1.807) is 12.1 Å². The fourth-order valence-electron chi connectivity index (χ4n) is 2.51. The molecule has 1 N–H and O–H groups in total. The van der Waals surface area contributed by atoms with Crippen LogP contribution in [0.1, 0.15) is 18.4 Å². The molecule has 0 aromatic heterocycles. The molecule has 1 atom stereocenters. The standard InChI is InChI=1S/C15H21N3O2S/c1-18(12-14-3-2-8-17-14)9-10-21(19,20)15-6-4-13(11-16)5-7-15/h4-7,14,17H,2-3,8-10,12H2,1H3. The normalized spacial score (nSPS) is 18.8. The summed E-state index contributed by atoms with van der Waals surface area (Å²) in [6.07, 6.45) is 2.36. The molecule has 2 rings (SSSR count). The summed E-state index contributed by atoms with van der Waals surface area (Å²) < 4.78 is 24.5. The number of rotatable bonds is 6. The fraction of sp³-hybridized carbons (Fsp3) is 0.533. The molecule has 1 heterocycles. The zero-order valence-corrected chi connectivity index (χ0v) is 13.1. The predicted molar refractivity (Wildman–Crippen MR) is 81.7 cm³/mol. The van der Waals surface area contributed by atoms with E-state index in [9.17, 15) is 8.42 Å². The Morgan fingerprint density at radius 2 is 2.10 bits per heavy atom. The molecule has 0 saturated carbocycles. The second-order valence-electron chi connectivity index (χ2n) is 5.51. The van der Waals surface area contributed by atoms with Crippen LogP contribution in [0.4, 0.5) is 0 Å². The van der Waals surface area contributed by atoms with Crippen molar-refractivity contribution in [3.8, 4) is 6.07 Å². The second kappa shape index (κ2) is 7.03. The van der Waals surface area contributed by atoms with Crippen LogP contribution in [0, 0.1) is 11.3 Å². The van der Waals surface area contributed by atoms with Gasteiger partial charge in [-0.1, -0.05) is 0 Å². The third kappa shape index (κ3) is 4.53. The van der Waals surface area contributed by atoms with E-state index in [-0.39, 0.29) is 10.6 Å². The topological polar surface area (TPSA) is 73.2 Å². The molecule has 1 fully saturated rings. The number of hydrogen-bond acceptors (Lipinski definition) is 5. The van der Waals surface area contributed by atoms with Gasteiger partial charge in [-0.15, -0.1) is 0 Å². The zero-order valence-electron chi connectivity index (χ0n) is 12.2. The molecule has 1 aliphatic heterocycles. The average Bonchev–Trinajstić information content (AvgIpc) is 2.98. The van der Waals surface area contributed by atoms with Crippen molar-refractivity contribution >= 4 is 9.84 Å². The number of benzene rings is 1. The third-order valence-corrected chi connectivity index (χ3v) is 5.49. The molecular weight excluding hydrogens is 286 g/mol. The SMILES string of the molecule is CN(CCS(=O)(=O)c1ccc(C#N)cc1)CC1CCCN1. The number of nitriles is 1. The number of nitrogens with one attached hydrogen (secondary N) is 1. The van der Waals surface area contributed by atoms with Crippen LogP contribution in [0.15, 0.2) is 29.2 Å². The van der Waals surface area contributed by atoms with Gasteiger partial charge in [0.2, 0.25) is 0 Å². The summed E-state index contributed by atoms with van der Waals surface area (Å²) in [5, 5.41) is 12.1. The van der Waals surface area contributed by atoms with Gasteiger partial charge in [0.1, 0.15) is 0 Å². The van der Waals surface area contributed by atoms with Gasteiger partial charge in [-0.2, -0.15) is 5.26 Å². The summed E-state index contributed by atoms with van der Waals surface area (Å²) in [6, 6.07) is 8.56. The predicted octanol–water partition coefficient (Wildman–Crippen LogP) is 1.02. The molecular formula is C15H21N3O2S. The molecule has 1 aliphatic rings. The first-order valence-electron chi connectivity index (χ1n) is 7.16. The quantitative estimate of drug-likeness (QED) is 0.849. The van der Waals surface area contributed by atoms with Gasteiger partial charge in [0.15, 0.2) is 9.84 Å². The molecule has 1 aromatic carbocycles. The van der Waals surface area contributed by atoms with Gasteiger partial charge < -0.3 is 10.2 Å². The Labute approximate surface area is 126 Å². The highest BCUT2D eigenvalue weighted by molar-refractivity contribution is 7.91. The van der Waals surface area contributed by atoms with Crippen LogP contribution in [0.25, 0.3) is 0 Å². The summed E-state index contributed by atoms with van der Waals surface area (Å²) in [4.78, 5) is 2.35. The van der Waals surface area contributed by atoms with E-state index >= 15 is 0 Å². The van der Waals surface area contributed by atoms with Crippen molar-refractivity contribution in [3.63, 3.8) is 0 Å². The average molecular weight is 307 g/mol. The van der Waals surface area contributed by atoms with E-state index in [0.29, 0.717) is 18.2 Å². The lowest BCUT2D eigenvalue weighted by Gasteiger charge is -2.20. The first-order chi connectivity index (χ1) is 10.0. The van der Waals surface area contributed by atoms with Crippen LogP contribution in [-0.2, 0) is 9.84 Å². The van der Waals surface area contributed by atoms with Crippen molar-refractivity contribution in [2.45, 2.75) is 23.8 Å². The Balaban J connectivity index is 1.89. The van der Waals surface area contributed by atoms with Crippen molar-refractivity contribution < 1.29 is 8.42 Å². The lowest BCUT2D eigenvalue weighted by atomic mass is 10.2. The van der Waals surface area contributed by atoms with Crippen molar-refractivity contribution in [2.75, 3.05) is 32.4 Å². The molecule has 1 aromatic rings. The second-order valence-corrected chi connectivity index (χ2v) is 7.62. The molecule has 0 bridgehead atoms. The van der Waals surface area contributed by atoms with E-state index in [1.165, 1.54) is 18.6 Å². The molecule has 0 amide bonds. The summed E-state index contributed by atoms with van der Waals surface area (Å²) >= 11 is 0. The van der Waals surface area contributed by atoms with Gasteiger partial charge in [0, 0.05) is 19.1 Å². The first-order valence-corrected chi connectivity index (χ1v) is 8.81. The van der Waals surface area contributed by atoms with Crippen molar-refractivity contribution in [1.82, 2.24) is 10.2 Å². The smallest absolute Gasteiger partial charge is 0.179 e. The Hall–Kier alpha value is -1.42. The van der Waals surface area contributed by atoms with E-state index in [0.717, 1.165) is 19.5 Å². The lowest BCUT2D eigenvalue weighted by Crippen LogP contribution is -2.37. The molecule has 0 spiro atoms. The molecule has 5 nitrogen and oxygen atoms in total. The van der Waals surface area contributed by atoms with Gasteiger partial charge in [-0.25, -0.2) is 8.42 Å². The maximum atomic E-state index is 12.2. The van der Waals surface area contributed by atoms with E-state index in [1.807, 2.05) is 13.1 Å². The van der Waals surface area contributed by atoms with Gasteiger partial charge in [0.25, 0.3) is 0 Å². The lowest BCUT2D eigenvalue weighted by molar-refractivity contribution is 0.315. The maximum Gasteiger partial charge on any atom is 0.179 e. The minimum atomic E-state index is -3.29. The Morgan fingerprint density at radius 3 is 2.67 bits per heavy atom. The largest absolute Gasteiger partial charge is 0.313 e. The molecule has 1 unspecified atom stereocenters. The summed E-state index contributed by atoms with van der Waals surface area (Å²) in [5.74, 6) is 0.0993. The van der Waals surface area contributed by atoms with Crippen LogP contribution < -0.4 is 5.32 Å². The monoisotopic (exact) mass is 307 g/mol. The highest BCUT2D eigenvalue weighted by Gasteiger charge is 2.19. The number of hydrogen-bond donors (Lipinski definition) is 1. The van der Waals surface area contributed by atoms with Crippen LogP contribution >= 0.6 is 0 Å². The van der Waals surface area contributed by atoms with Gasteiger partial charge in [0.05, 0.1) is 22.3 Å². The van der Waals surface area contributed by atoms with Gasteiger partial charge in [-0.3, -0.25) is 0 Å². The van der Waals surface area contributed by atoms with Crippen molar-refractivity contribution in [1.29, 1.82) is 5.26 Å². The highest BCUT2D eigenvalue weighted by atomic mass is 32.2. The van der Waals surface area contributed by atoms with E-state index in [4.69, 9.17) is 5.26 Å². The van der Waals surface area contributed by atoms with Crippen LogP contribution in [0.3, 0.4) is 0 Å². The van der Waals surface area contributed by atoms with Gasteiger partial charge >= 0.3 is 0 Å². The van der Waals surface area contributed by atoms with Crippen molar-refractivity contribution in [3.05, 3.63) is 29.8 Å². The maximum absolute atomic E-state index is 12.2. The van der Waals surface area contributed by atoms with Crippen LogP contribution in [-0.4, -0.2) is 51.8 Å². The summed E-state index contributed by atoms with van der Waals surface area (Å²) in [5.41, 5.74) is 0.471. The van der Waals surface area contributed by atoms with Gasteiger partial charge in [-0.05, 0) is 50.7 Å². The molecule has 1 saturated heterocycles. The first kappa shape index (κ1) is 16.0. The zero-order chi connectivity index (χ0) is 15.3. The molecule has 114 valence electrons. The minimum Gasteiger partial charge on any atom is -0.313 e. The molecule has 21 heavy (non-hydrogen) atoms. The van der Waals surface area contributed by atoms with E-state index in [2.05, 4.69) is 10.2 Å². The summed E-state index contributed by atoms with van der Waals surface area (Å²) in [6.45, 7) is 2.45. The fourth-order valence-corrected chi connectivity index (χ4v) is 3.85. The summed E-state index contributed by atoms with van der Waals surface area (Å²) in [7, 11) is -1.33. The number of sulfone groups is 1. The Kier molecular flexibility index (Phi) is 5.34. The van der Waals surface area contributed by atoms with E-state index < -0.39 is 9.84 Å². The molecule has 6 heteroatoms. The van der Waals surface area contributed by atoms with Crippen LogP contribution in [0.5, 0.6) is 0 Å². The van der Waals surface area contributed by atoms with Crippen LogP contribution in [0.2, 0.25) is 0 Å². The Morgan fingerprint density at radius 1 is 1.38 bits per heavy atom.